The predicted molar refractivity (Wildman–Crippen MR) is 84.1 cm³/mol. The van der Waals surface area contributed by atoms with Gasteiger partial charge in [-0.1, -0.05) is 12.1 Å². The van der Waals surface area contributed by atoms with E-state index >= 15 is 0 Å². The van der Waals surface area contributed by atoms with Gasteiger partial charge in [0.1, 0.15) is 12.4 Å². The van der Waals surface area contributed by atoms with E-state index < -0.39 is 0 Å². The summed E-state index contributed by atoms with van der Waals surface area (Å²) in [6.07, 6.45) is 0.0607. The molecule has 116 valence electrons. The molecule has 0 aliphatic carbocycles. The van der Waals surface area contributed by atoms with E-state index in [0.29, 0.717) is 6.61 Å². The summed E-state index contributed by atoms with van der Waals surface area (Å²) in [5, 5.41) is 0. The van der Waals surface area contributed by atoms with Gasteiger partial charge in [0.2, 0.25) is 0 Å². The van der Waals surface area contributed by atoms with Gasteiger partial charge < -0.3 is 18.8 Å². The van der Waals surface area contributed by atoms with Gasteiger partial charge in [-0.15, -0.1) is 0 Å². The smallest absolute Gasteiger partial charge is 0.491 e. The summed E-state index contributed by atoms with van der Waals surface area (Å²) in [6, 6.07) is 7.84. The first-order valence-corrected chi connectivity index (χ1v) is 7.36. The van der Waals surface area contributed by atoms with Gasteiger partial charge in [0.15, 0.2) is 0 Å². The van der Waals surface area contributed by atoms with Crippen molar-refractivity contribution in [2.24, 2.45) is 0 Å². The van der Waals surface area contributed by atoms with Crippen molar-refractivity contribution in [1.82, 2.24) is 0 Å². The Kier molecular flexibility index (Phi) is 4.66. The molecule has 1 aliphatic rings. The van der Waals surface area contributed by atoms with Crippen molar-refractivity contribution in [2.45, 2.75) is 51.9 Å². The van der Waals surface area contributed by atoms with Crippen LogP contribution in [0, 0.1) is 0 Å². The Bertz CT molecular complexity index is 471. The largest absolute Gasteiger partial charge is 0.494 e. The molecule has 1 fully saturated rings. The summed E-state index contributed by atoms with van der Waals surface area (Å²) in [4.78, 5) is 0. The Hall–Kier alpha value is -1.04. The van der Waals surface area contributed by atoms with Gasteiger partial charge in [-0.25, -0.2) is 0 Å². The van der Waals surface area contributed by atoms with Crippen LogP contribution in [0.15, 0.2) is 24.3 Å². The van der Waals surface area contributed by atoms with Gasteiger partial charge in [0.25, 0.3) is 0 Å². The van der Waals surface area contributed by atoms with Gasteiger partial charge in [0, 0.05) is 7.11 Å². The predicted octanol–water partition coefficient (Wildman–Crippen LogP) is 2.40. The fraction of sp³-hybridized carbons (Fsp3) is 0.625. The molecule has 2 rings (SSSR count). The molecule has 1 aromatic carbocycles. The van der Waals surface area contributed by atoms with Crippen molar-refractivity contribution in [3.63, 3.8) is 0 Å². The molecular weight excluding hydrogens is 267 g/mol. The maximum Gasteiger partial charge on any atom is 0.494 e. The first kappa shape index (κ1) is 16.3. The van der Waals surface area contributed by atoms with E-state index in [9.17, 15) is 0 Å². The number of benzene rings is 1. The average Bonchev–Trinajstić information content (AvgIpc) is 2.65. The fourth-order valence-corrected chi connectivity index (χ4v) is 2.01. The third-order valence-corrected chi connectivity index (χ3v) is 4.27. The van der Waals surface area contributed by atoms with Crippen molar-refractivity contribution in [3.05, 3.63) is 24.3 Å². The first-order chi connectivity index (χ1) is 9.75. The molecule has 0 amide bonds. The molecular formula is C16H25BO4. The molecule has 1 heterocycles. The summed E-state index contributed by atoms with van der Waals surface area (Å²) in [5.74, 6) is 0.797. The van der Waals surface area contributed by atoms with Crippen molar-refractivity contribution in [3.8, 4) is 5.75 Å². The molecule has 0 aromatic heterocycles. The Balaban J connectivity index is 2.08. The maximum absolute atomic E-state index is 6.05. The lowest BCUT2D eigenvalue weighted by molar-refractivity contribution is 0.00578. The molecule has 1 aliphatic heterocycles. The summed E-state index contributed by atoms with van der Waals surface area (Å²) in [7, 11) is 1.31. The molecule has 0 spiro atoms. The number of hydrogen-bond donors (Lipinski definition) is 0. The zero-order chi connectivity index (χ0) is 15.7. The fourth-order valence-electron chi connectivity index (χ4n) is 2.01. The molecule has 0 radical (unpaired) electrons. The normalized spacial score (nSPS) is 21.3. The number of ether oxygens (including phenoxy) is 2. The summed E-state index contributed by atoms with van der Waals surface area (Å²) in [5.41, 5.74) is 0.300. The van der Waals surface area contributed by atoms with E-state index in [1.165, 1.54) is 0 Å². The highest BCUT2D eigenvalue weighted by atomic mass is 16.7. The molecule has 0 N–H and O–H groups in total. The molecule has 21 heavy (non-hydrogen) atoms. The molecule has 0 bridgehead atoms. The van der Waals surface area contributed by atoms with Crippen molar-refractivity contribution in [2.75, 3.05) is 13.7 Å². The number of methoxy groups -OCH3 is 1. The summed E-state index contributed by atoms with van der Waals surface area (Å²) in [6.45, 7) is 10.7. The zero-order valence-electron chi connectivity index (χ0n) is 13.8. The van der Waals surface area contributed by atoms with Crippen LogP contribution in [0.2, 0.25) is 0 Å². The molecule has 1 aromatic rings. The second-order valence-electron chi connectivity index (χ2n) is 6.52. The second-order valence-corrected chi connectivity index (χ2v) is 6.52. The lowest BCUT2D eigenvalue weighted by atomic mass is 9.79. The van der Waals surface area contributed by atoms with Crippen LogP contribution in [0.1, 0.15) is 34.6 Å². The first-order valence-electron chi connectivity index (χ1n) is 7.36. The van der Waals surface area contributed by atoms with E-state index in [0.717, 1.165) is 11.2 Å². The van der Waals surface area contributed by atoms with E-state index in [-0.39, 0.29) is 24.4 Å². The van der Waals surface area contributed by atoms with Crippen LogP contribution in [-0.4, -0.2) is 38.1 Å². The SMILES string of the molecule is COC(C)COc1cccc(B2OC(C)(C)C(C)(C)O2)c1. The van der Waals surface area contributed by atoms with Crippen LogP contribution in [0.5, 0.6) is 5.75 Å². The lowest BCUT2D eigenvalue weighted by Crippen LogP contribution is -2.41. The van der Waals surface area contributed by atoms with Gasteiger partial charge in [0.05, 0.1) is 17.3 Å². The monoisotopic (exact) mass is 292 g/mol. The van der Waals surface area contributed by atoms with Crippen LogP contribution in [0.3, 0.4) is 0 Å². The van der Waals surface area contributed by atoms with Gasteiger partial charge in [-0.05, 0) is 52.2 Å². The van der Waals surface area contributed by atoms with Crippen LogP contribution in [0.4, 0.5) is 0 Å². The molecule has 0 saturated carbocycles. The molecule has 1 atom stereocenters. The Morgan fingerprint density at radius 3 is 2.33 bits per heavy atom. The van der Waals surface area contributed by atoms with Crippen molar-refractivity contribution >= 4 is 12.6 Å². The highest BCUT2D eigenvalue weighted by Gasteiger charge is 2.51. The minimum atomic E-state index is -0.363. The van der Waals surface area contributed by atoms with E-state index in [4.69, 9.17) is 18.8 Å². The molecule has 1 saturated heterocycles. The zero-order valence-corrected chi connectivity index (χ0v) is 13.8. The summed E-state index contributed by atoms with van der Waals surface area (Å²) >= 11 is 0. The minimum absolute atomic E-state index is 0.0607. The molecule has 1 unspecified atom stereocenters. The van der Waals surface area contributed by atoms with E-state index in [2.05, 4.69) is 0 Å². The Labute approximate surface area is 127 Å². The highest BCUT2D eigenvalue weighted by molar-refractivity contribution is 6.62. The van der Waals surface area contributed by atoms with Crippen molar-refractivity contribution in [1.29, 1.82) is 0 Å². The van der Waals surface area contributed by atoms with Gasteiger partial charge >= 0.3 is 7.12 Å². The average molecular weight is 292 g/mol. The summed E-state index contributed by atoms with van der Waals surface area (Å²) < 4.78 is 23.0. The van der Waals surface area contributed by atoms with Crippen LogP contribution in [0.25, 0.3) is 0 Å². The third kappa shape index (κ3) is 3.60. The number of rotatable bonds is 5. The Morgan fingerprint density at radius 2 is 1.76 bits per heavy atom. The van der Waals surface area contributed by atoms with E-state index in [1.54, 1.807) is 7.11 Å². The number of hydrogen-bond acceptors (Lipinski definition) is 4. The lowest BCUT2D eigenvalue weighted by Gasteiger charge is -2.32. The van der Waals surface area contributed by atoms with Gasteiger partial charge in [-0.3, -0.25) is 0 Å². The maximum atomic E-state index is 6.05. The Morgan fingerprint density at radius 1 is 1.14 bits per heavy atom. The topological polar surface area (TPSA) is 36.9 Å². The molecule has 4 nitrogen and oxygen atoms in total. The van der Waals surface area contributed by atoms with E-state index in [1.807, 2.05) is 58.9 Å². The van der Waals surface area contributed by atoms with Crippen LogP contribution in [-0.2, 0) is 14.0 Å². The second kappa shape index (κ2) is 5.99. The van der Waals surface area contributed by atoms with Crippen LogP contribution < -0.4 is 10.2 Å². The quantitative estimate of drug-likeness (QED) is 0.781. The van der Waals surface area contributed by atoms with Gasteiger partial charge in [-0.2, -0.15) is 0 Å². The van der Waals surface area contributed by atoms with Crippen LogP contribution >= 0.6 is 0 Å². The minimum Gasteiger partial charge on any atom is -0.491 e. The molecule has 5 heteroatoms. The third-order valence-electron chi connectivity index (χ3n) is 4.27. The standard InChI is InChI=1S/C16H25BO4/c1-12(18-6)11-19-14-9-7-8-13(10-14)17-20-15(2,3)16(4,5)21-17/h7-10,12H,11H2,1-6H3. The highest BCUT2D eigenvalue weighted by Crippen LogP contribution is 2.36. The van der Waals surface area contributed by atoms with Crippen molar-refractivity contribution < 1.29 is 18.8 Å².